The van der Waals surface area contributed by atoms with Crippen LogP contribution in [0.1, 0.15) is 36.9 Å². The third-order valence-electron chi connectivity index (χ3n) is 5.34. The molecule has 2 fully saturated rings. The van der Waals surface area contributed by atoms with Gasteiger partial charge in [-0.2, -0.15) is 0 Å². The maximum Gasteiger partial charge on any atom is 0.252 e. The molecule has 4 heterocycles. The molecule has 8 nitrogen and oxygen atoms in total. The number of likely N-dealkylation sites (tertiary alicyclic amines) is 1. The fourth-order valence-corrected chi connectivity index (χ4v) is 4.44. The zero-order valence-corrected chi connectivity index (χ0v) is 17.7. The number of nitrogens with one attached hydrogen (secondary N) is 1. The van der Waals surface area contributed by atoms with Crippen LogP contribution in [-0.4, -0.2) is 70.0 Å². The molecule has 156 valence electrons. The molecule has 2 aliphatic heterocycles. The molecule has 0 saturated carbocycles. The lowest BCUT2D eigenvalue weighted by molar-refractivity contribution is 0.122. The third kappa shape index (κ3) is 5.34. The van der Waals surface area contributed by atoms with Crippen molar-refractivity contribution in [1.29, 1.82) is 0 Å². The van der Waals surface area contributed by atoms with E-state index in [-0.39, 0.29) is 11.5 Å². The molecule has 2 aromatic rings. The molecule has 0 bridgehead atoms. The Morgan fingerprint density at radius 1 is 1.24 bits per heavy atom. The van der Waals surface area contributed by atoms with E-state index in [0.717, 1.165) is 67.7 Å². The molecule has 0 aromatic carbocycles. The van der Waals surface area contributed by atoms with Gasteiger partial charge < -0.3 is 9.64 Å². The zero-order chi connectivity index (χ0) is 20.1. The maximum atomic E-state index is 12.3. The van der Waals surface area contributed by atoms with Crippen LogP contribution in [0, 0.1) is 0 Å². The second-order valence-corrected chi connectivity index (χ2v) is 8.71. The lowest BCUT2D eigenvalue weighted by atomic mass is 9.94. The van der Waals surface area contributed by atoms with Gasteiger partial charge in [0.05, 0.1) is 18.9 Å². The van der Waals surface area contributed by atoms with Crippen LogP contribution in [0.4, 0.5) is 5.95 Å². The van der Waals surface area contributed by atoms with Crippen LogP contribution in [0.25, 0.3) is 0 Å². The van der Waals surface area contributed by atoms with E-state index < -0.39 is 0 Å². The van der Waals surface area contributed by atoms with E-state index in [1.807, 2.05) is 12.4 Å². The van der Waals surface area contributed by atoms with Crippen molar-refractivity contribution in [3.05, 3.63) is 40.1 Å². The number of aromatic amines is 1. The number of ether oxygens (including phenoxy) is 1. The molecule has 1 atom stereocenters. The van der Waals surface area contributed by atoms with Crippen molar-refractivity contribution >= 4 is 17.7 Å². The van der Waals surface area contributed by atoms with Gasteiger partial charge in [0, 0.05) is 56.1 Å². The minimum absolute atomic E-state index is 0.0778. The fraction of sp³-hybridized carbons (Fsp3) is 0.600. The molecule has 9 heteroatoms. The van der Waals surface area contributed by atoms with Crippen molar-refractivity contribution < 1.29 is 4.74 Å². The number of rotatable bonds is 6. The van der Waals surface area contributed by atoms with Crippen LogP contribution >= 0.6 is 11.8 Å². The van der Waals surface area contributed by atoms with Gasteiger partial charge in [-0.1, -0.05) is 18.7 Å². The number of thioether (sulfide) groups is 1. The molecule has 1 unspecified atom stereocenters. The van der Waals surface area contributed by atoms with Crippen molar-refractivity contribution in [3.63, 3.8) is 0 Å². The second-order valence-electron chi connectivity index (χ2n) is 7.47. The predicted molar refractivity (Wildman–Crippen MR) is 114 cm³/mol. The number of aromatic nitrogens is 4. The molecule has 2 aliphatic rings. The Balaban J connectivity index is 1.44. The fourth-order valence-electron chi connectivity index (χ4n) is 3.92. The van der Waals surface area contributed by atoms with E-state index in [2.05, 4.69) is 31.7 Å². The molecular formula is C20H28N6O2S. The molecule has 29 heavy (non-hydrogen) atoms. The molecule has 1 N–H and O–H groups in total. The minimum atomic E-state index is -0.0778. The number of hydrogen-bond donors (Lipinski definition) is 1. The molecule has 0 amide bonds. The van der Waals surface area contributed by atoms with E-state index in [0.29, 0.717) is 19.2 Å². The van der Waals surface area contributed by atoms with Gasteiger partial charge in [-0.3, -0.25) is 14.7 Å². The summed E-state index contributed by atoms with van der Waals surface area (Å²) in [4.78, 5) is 33.4. The van der Waals surface area contributed by atoms with Crippen molar-refractivity contribution in [1.82, 2.24) is 24.8 Å². The summed E-state index contributed by atoms with van der Waals surface area (Å²) in [6, 6.07) is 1.66. The highest BCUT2D eigenvalue weighted by molar-refractivity contribution is 7.99. The summed E-state index contributed by atoms with van der Waals surface area (Å²) in [7, 11) is 0. The summed E-state index contributed by atoms with van der Waals surface area (Å²) in [6.45, 7) is 7.72. The number of piperidine rings is 1. The average molecular weight is 417 g/mol. The van der Waals surface area contributed by atoms with Gasteiger partial charge in [-0.25, -0.2) is 15.0 Å². The molecule has 2 aromatic heterocycles. The van der Waals surface area contributed by atoms with Crippen LogP contribution in [0.3, 0.4) is 0 Å². The Hall–Kier alpha value is -1.97. The first-order valence-corrected chi connectivity index (χ1v) is 11.3. The Kier molecular flexibility index (Phi) is 6.78. The van der Waals surface area contributed by atoms with E-state index in [9.17, 15) is 4.79 Å². The lowest BCUT2D eigenvalue weighted by Crippen LogP contribution is -2.39. The summed E-state index contributed by atoms with van der Waals surface area (Å²) in [5, 5.41) is 0.830. The van der Waals surface area contributed by atoms with Crippen molar-refractivity contribution in [2.45, 2.75) is 37.4 Å². The van der Waals surface area contributed by atoms with Gasteiger partial charge in [-0.05, 0) is 25.1 Å². The number of hydrogen-bond acceptors (Lipinski definition) is 8. The van der Waals surface area contributed by atoms with E-state index in [1.54, 1.807) is 17.8 Å². The number of anilines is 1. The Morgan fingerprint density at radius 3 is 2.79 bits per heavy atom. The summed E-state index contributed by atoms with van der Waals surface area (Å²) < 4.78 is 5.41. The summed E-state index contributed by atoms with van der Waals surface area (Å²) in [6.07, 6.45) is 6.00. The van der Waals surface area contributed by atoms with Gasteiger partial charge in [0.25, 0.3) is 5.56 Å². The third-order valence-corrected chi connectivity index (χ3v) is 6.10. The van der Waals surface area contributed by atoms with E-state index in [1.165, 1.54) is 0 Å². The molecular weight excluding hydrogens is 388 g/mol. The molecule has 0 aliphatic carbocycles. The largest absolute Gasteiger partial charge is 0.378 e. The van der Waals surface area contributed by atoms with Crippen LogP contribution in [0.2, 0.25) is 0 Å². The maximum absolute atomic E-state index is 12.3. The van der Waals surface area contributed by atoms with Crippen molar-refractivity contribution in [2.75, 3.05) is 50.0 Å². The first kappa shape index (κ1) is 20.3. The number of morpholine rings is 1. The van der Waals surface area contributed by atoms with E-state index in [4.69, 9.17) is 9.72 Å². The summed E-state index contributed by atoms with van der Waals surface area (Å²) >= 11 is 1.65. The molecule has 0 spiro atoms. The first-order chi connectivity index (χ1) is 14.2. The van der Waals surface area contributed by atoms with Gasteiger partial charge >= 0.3 is 0 Å². The Morgan fingerprint density at radius 2 is 2.03 bits per heavy atom. The Bertz CT molecular complexity index is 853. The topological polar surface area (TPSA) is 87.2 Å². The highest BCUT2D eigenvalue weighted by Crippen LogP contribution is 2.27. The standard InChI is InChI=1S/C20H28N6O2S/c1-2-29-20-21-11-15(12-22-20)13-25-5-3-4-16(14-25)17-10-18(27)24-19(23-17)26-6-8-28-9-7-26/h10-12,16H,2-9,13-14H2,1H3,(H,23,24,27). The SMILES string of the molecule is CCSc1ncc(CN2CCCC(c3cc(=O)[nH]c(N4CCOCC4)n3)C2)cn1. The molecule has 2 saturated heterocycles. The number of H-pyrrole nitrogens is 1. The lowest BCUT2D eigenvalue weighted by Gasteiger charge is -2.33. The van der Waals surface area contributed by atoms with Crippen molar-refractivity contribution in [2.24, 2.45) is 0 Å². The number of nitrogens with zero attached hydrogens (tertiary/aromatic N) is 5. The zero-order valence-electron chi connectivity index (χ0n) is 16.8. The summed E-state index contributed by atoms with van der Waals surface area (Å²) in [5.41, 5.74) is 1.94. The monoisotopic (exact) mass is 416 g/mol. The van der Waals surface area contributed by atoms with Crippen LogP contribution in [0.15, 0.2) is 28.4 Å². The van der Waals surface area contributed by atoms with Gasteiger partial charge in [0.1, 0.15) is 0 Å². The quantitative estimate of drug-likeness (QED) is 0.564. The highest BCUT2D eigenvalue weighted by atomic mass is 32.2. The normalized spacial score (nSPS) is 20.7. The van der Waals surface area contributed by atoms with Crippen LogP contribution in [0.5, 0.6) is 0 Å². The van der Waals surface area contributed by atoms with E-state index >= 15 is 0 Å². The highest BCUT2D eigenvalue weighted by Gasteiger charge is 2.24. The summed E-state index contributed by atoms with van der Waals surface area (Å²) in [5.74, 6) is 1.91. The van der Waals surface area contributed by atoms with Gasteiger partial charge in [-0.15, -0.1) is 0 Å². The van der Waals surface area contributed by atoms with Gasteiger partial charge in [0.2, 0.25) is 5.95 Å². The minimum Gasteiger partial charge on any atom is -0.378 e. The molecule has 4 rings (SSSR count). The average Bonchev–Trinajstić information content (AvgIpc) is 2.76. The van der Waals surface area contributed by atoms with Gasteiger partial charge in [0.15, 0.2) is 5.16 Å². The smallest absolute Gasteiger partial charge is 0.252 e. The van der Waals surface area contributed by atoms with Crippen LogP contribution in [-0.2, 0) is 11.3 Å². The molecule has 0 radical (unpaired) electrons. The van der Waals surface area contributed by atoms with Crippen molar-refractivity contribution in [3.8, 4) is 0 Å². The first-order valence-electron chi connectivity index (χ1n) is 10.3. The van der Waals surface area contributed by atoms with Crippen LogP contribution < -0.4 is 10.5 Å². The second kappa shape index (κ2) is 9.69. The Labute approximate surface area is 175 Å². The predicted octanol–water partition coefficient (Wildman–Crippen LogP) is 1.89.